The van der Waals surface area contributed by atoms with Gasteiger partial charge in [0, 0.05) is 9.99 Å². The van der Waals surface area contributed by atoms with Gasteiger partial charge in [0.25, 0.3) is 0 Å². The molecule has 1 aromatic carbocycles. The molecule has 4 heteroatoms. The predicted molar refractivity (Wildman–Crippen MR) is 103 cm³/mol. The number of carbonyl (C=O) groups is 1. The quantitative estimate of drug-likeness (QED) is 0.240. The van der Waals surface area contributed by atoms with Crippen molar-refractivity contribution in [2.75, 3.05) is 6.61 Å². The summed E-state index contributed by atoms with van der Waals surface area (Å²) in [6, 6.07) is 8.18. The summed E-state index contributed by atoms with van der Waals surface area (Å²) in [6.07, 6.45) is 8.85. The zero-order valence-electron chi connectivity index (χ0n) is 14.4. The topological polar surface area (TPSA) is 35.5 Å². The Bertz CT molecular complexity index is 448. The molecule has 0 amide bonds. The summed E-state index contributed by atoms with van der Waals surface area (Å²) in [5.74, 6) is 0.900. The smallest absolute Gasteiger partial charge is 0.305 e. The van der Waals surface area contributed by atoms with E-state index in [2.05, 4.69) is 41.6 Å². The van der Waals surface area contributed by atoms with Crippen molar-refractivity contribution >= 4 is 28.6 Å². The van der Waals surface area contributed by atoms with Crippen LogP contribution in [0.3, 0.4) is 0 Å². The van der Waals surface area contributed by atoms with Gasteiger partial charge < -0.3 is 9.47 Å². The third-order valence-corrected chi connectivity index (χ3v) is 4.35. The highest BCUT2D eigenvalue weighted by Crippen LogP contribution is 2.18. The van der Waals surface area contributed by atoms with Crippen molar-refractivity contribution in [1.82, 2.24) is 0 Å². The second-order valence-electron chi connectivity index (χ2n) is 5.85. The Hall–Kier alpha value is -0.780. The van der Waals surface area contributed by atoms with Gasteiger partial charge in [0.1, 0.15) is 5.75 Å². The van der Waals surface area contributed by atoms with Crippen molar-refractivity contribution in [3.8, 4) is 5.75 Å². The summed E-state index contributed by atoms with van der Waals surface area (Å²) in [4.78, 5) is 11.2. The van der Waals surface area contributed by atoms with E-state index in [1.165, 1.54) is 29.3 Å². The van der Waals surface area contributed by atoms with Gasteiger partial charge >= 0.3 is 5.97 Å². The molecule has 0 saturated heterocycles. The standard InChI is InChI=1S/C19H29IO3/c1-3-22-19(21)14-9-7-5-4-6-8-11-16(2)23-18-13-10-12-17(20)15-18/h10,12-13,15-16H,3-9,11,14H2,1-2H3. The minimum absolute atomic E-state index is 0.0611. The van der Waals surface area contributed by atoms with Gasteiger partial charge in [0.15, 0.2) is 0 Å². The molecule has 1 unspecified atom stereocenters. The average Bonchev–Trinajstić information content (AvgIpc) is 2.50. The lowest BCUT2D eigenvalue weighted by Crippen LogP contribution is -2.11. The maximum Gasteiger partial charge on any atom is 0.305 e. The van der Waals surface area contributed by atoms with Gasteiger partial charge in [-0.25, -0.2) is 0 Å². The maximum absolute atomic E-state index is 11.2. The number of rotatable bonds is 12. The van der Waals surface area contributed by atoms with Crippen molar-refractivity contribution in [1.29, 1.82) is 0 Å². The number of halogens is 1. The van der Waals surface area contributed by atoms with Crippen molar-refractivity contribution in [3.63, 3.8) is 0 Å². The molecule has 0 aliphatic rings. The first-order chi connectivity index (χ1) is 11.1. The van der Waals surface area contributed by atoms with E-state index in [9.17, 15) is 4.79 Å². The normalized spacial score (nSPS) is 12.0. The summed E-state index contributed by atoms with van der Waals surface area (Å²) in [5.41, 5.74) is 0. The predicted octanol–water partition coefficient (Wildman–Crippen LogP) is 5.74. The van der Waals surface area contributed by atoms with E-state index in [0.29, 0.717) is 13.0 Å². The number of ether oxygens (including phenoxy) is 2. The van der Waals surface area contributed by atoms with Crippen LogP contribution in [-0.4, -0.2) is 18.7 Å². The van der Waals surface area contributed by atoms with Crippen LogP contribution >= 0.6 is 22.6 Å². The molecule has 1 rings (SSSR count). The maximum atomic E-state index is 11.2. The molecule has 0 spiro atoms. The Morgan fingerprint density at radius 3 is 2.52 bits per heavy atom. The van der Waals surface area contributed by atoms with Crippen molar-refractivity contribution in [2.24, 2.45) is 0 Å². The first kappa shape index (κ1) is 20.3. The van der Waals surface area contributed by atoms with Gasteiger partial charge in [0.2, 0.25) is 0 Å². The molecule has 0 aliphatic heterocycles. The lowest BCUT2D eigenvalue weighted by molar-refractivity contribution is -0.143. The zero-order valence-corrected chi connectivity index (χ0v) is 16.5. The van der Waals surface area contributed by atoms with Crippen molar-refractivity contribution in [3.05, 3.63) is 27.8 Å². The molecule has 0 aromatic heterocycles. The first-order valence-electron chi connectivity index (χ1n) is 8.69. The lowest BCUT2D eigenvalue weighted by Gasteiger charge is -2.14. The molecule has 0 aliphatic carbocycles. The molecule has 1 atom stereocenters. The summed E-state index contributed by atoms with van der Waals surface area (Å²) < 4.78 is 12.1. The Kier molecular flexibility index (Phi) is 11.1. The van der Waals surface area contributed by atoms with Crippen LogP contribution in [0.15, 0.2) is 24.3 Å². The van der Waals surface area contributed by atoms with Crippen LogP contribution in [0.2, 0.25) is 0 Å². The van der Waals surface area contributed by atoms with Crippen LogP contribution in [0.25, 0.3) is 0 Å². The molecule has 0 heterocycles. The van der Waals surface area contributed by atoms with Crippen LogP contribution < -0.4 is 4.74 Å². The van der Waals surface area contributed by atoms with E-state index in [1.54, 1.807) is 0 Å². The van der Waals surface area contributed by atoms with E-state index in [-0.39, 0.29) is 12.1 Å². The summed E-state index contributed by atoms with van der Waals surface area (Å²) in [5, 5.41) is 0. The Morgan fingerprint density at radius 2 is 1.83 bits per heavy atom. The van der Waals surface area contributed by atoms with Gasteiger partial charge in [-0.05, 0) is 73.9 Å². The van der Waals surface area contributed by atoms with E-state index < -0.39 is 0 Å². The molecular formula is C19H29IO3. The Morgan fingerprint density at radius 1 is 1.13 bits per heavy atom. The Balaban J connectivity index is 1.97. The minimum atomic E-state index is -0.0611. The number of hydrogen-bond donors (Lipinski definition) is 0. The van der Waals surface area contributed by atoms with E-state index >= 15 is 0 Å². The number of carbonyl (C=O) groups excluding carboxylic acids is 1. The Labute approximate surface area is 154 Å². The van der Waals surface area contributed by atoms with Gasteiger partial charge in [-0.15, -0.1) is 0 Å². The van der Waals surface area contributed by atoms with E-state index in [4.69, 9.17) is 9.47 Å². The van der Waals surface area contributed by atoms with Gasteiger partial charge in [0.05, 0.1) is 12.7 Å². The van der Waals surface area contributed by atoms with Gasteiger partial charge in [-0.1, -0.05) is 31.7 Å². The van der Waals surface area contributed by atoms with Crippen LogP contribution in [-0.2, 0) is 9.53 Å². The fraction of sp³-hybridized carbons (Fsp3) is 0.632. The summed E-state index contributed by atoms with van der Waals surface area (Å²) in [6.45, 7) is 4.47. The van der Waals surface area contributed by atoms with E-state index in [1.807, 2.05) is 19.1 Å². The monoisotopic (exact) mass is 432 g/mol. The molecule has 130 valence electrons. The van der Waals surface area contributed by atoms with Gasteiger partial charge in [-0.3, -0.25) is 4.79 Å². The molecule has 1 aromatic rings. The van der Waals surface area contributed by atoms with Crippen molar-refractivity contribution in [2.45, 2.75) is 71.3 Å². The average molecular weight is 432 g/mol. The van der Waals surface area contributed by atoms with E-state index in [0.717, 1.165) is 25.0 Å². The molecular weight excluding hydrogens is 403 g/mol. The second kappa shape index (κ2) is 12.6. The SMILES string of the molecule is CCOC(=O)CCCCCCCCC(C)Oc1cccc(I)c1. The molecule has 0 bridgehead atoms. The van der Waals surface area contributed by atoms with Crippen LogP contribution in [0.1, 0.15) is 65.2 Å². The third kappa shape index (κ3) is 10.6. The molecule has 0 radical (unpaired) electrons. The fourth-order valence-corrected chi connectivity index (χ4v) is 2.99. The van der Waals surface area contributed by atoms with Crippen LogP contribution in [0.4, 0.5) is 0 Å². The number of unbranched alkanes of at least 4 members (excludes halogenated alkanes) is 5. The summed E-state index contributed by atoms with van der Waals surface area (Å²) in [7, 11) is 0. The highest BCUT2D eigenvalue weighted by molar-refractivity contribution is 14.1. The van der Waals surface area contributed by atoms with Crippen LogP contribution in [0, 0.1) is 3.57 Å². The van der Waals surface area contributed by atoms with Gasteiger partial charge in [-0.2, -0.15) is 0 Å². The molecule has 0 saturated carbocycles. The van der Waals surface area contributed by atoms with Crippen LogP contribution in [0.5, 0.6) is 5.75 Å². The lowest BCUT2D eigenvalue weighted by atomic mass is 10.1. The highest BCUT2D eigenvalue weighted by Gasteiger charge is 2.05. The number of esters is 1. The number of benzene rings is 1. The first-order valence-corrected chi connectivity index (χ1v) is 9.77. The molecule has 0 fully saturated rings. The highest BCUT2D eigenvalue weighted by atomic mass is 127. The molecule has 23 heavy (non-hydrogen) atoms. The number of hydrogen-bond acceptors (Lipinski definition) is 3. The second-order valence-corrected chi connectivity index (χ2v) is 7.10. The minimum Gasteiger partial charge on any atom is -0.491 e. The third-order valence-electron chi connectivity index (χ3n) is 3.68. The summed E-state index contributed by atoms with van der Waals surface area (Å²) >= 11 is 2.30. The largest absolute Gasteiger partial charge is 0.491 e. The molecule has 3 nitrogen and oxygen atoms in total. The zero-order chi connectivity index (χ0) is 16.9. The van der Waals surface area contributed by atoms with Crippen molar-refractivity contribution < 1.29 is 14.3 Å². The molecule has 0 N–H and O–H groups in total. The fourth-order valence-electron chi connectivity index (χ4n) is 2.47.